The summed E-state index contributed by atoms with van der Waals surface area (Å²) in [7, 11) is 0. The number of nitrogens with one attached hydrogen (secondary N) is 2. The number of benzene rings is 2. The van der Waals surface area contributed by atoms with Gasteiger partial charge in [-0.3, -0.25) is 0 Å². The highest BCUT2D eigenvalue weighted by molar-refractivity contribution is 5.79. The highest BCUT2D eigenvalue weighted by atomic mass is 19.1. The van der Waals surface area contributed by atoms with Gasteiger partial charge in [0, 0.05) is 6.54 Å². The molecule has 0 saturated carbocycles. The third kappa shape index (κ3) is 2.98. The number of anilines is 2. The molecule has 126 valence electrons. The SMILES string of the molecule is Cc1cc(C2CCNCC2)c2c(c1)N(Cc1cccc(F)c1)CN2. The van der Waals surface area contributed by atoms with Gasteiger partial charge in [-0.1, -0.05) is 18.2 Å². The Labute approximate surface area is 142 Å². The maximum absolute atomic E-state index is 13.5. The second-order valence-electron chi connectivity index (χ2n) is 6.94. The van der Waals surface area contributed by atoms with Crippen LogP contribution in [0.5, 0.6) is 0 Å². The lowest BCUT2D eigenvalue weighted by molar-refractivity contribution is 0.461. The average molecular weight is 325 g/mol. The minimum Gasteiger partial charge on any atom is -0.366 e. The van der Waals surface area contributed by atoms with E-state index in [0.717, 1.165) is 31.9 Å². The molecule has 0 spiro atoms. The number of hydrogen-bond acceptors (Lipinski definition) is 3. The van der Waals surface area contributed by atoms with E-state index in [-0.39, 0.29) is 5.82 Å². The summed E-state index contributed by atoms with van der Waals surface area (Å²) in [6.07, 6.45) is 2.39. The summed E-state index contributed by atoms with van der Waals surface area (Å²) in [4.78, 5) is 2.31. The number of aryl methyl sites for hydroxylation is 1. The van der Waals surface area contributed by atoms with Gasteiger partial charge in [-0.2, -0.15) is 0 Å². The molecule has 0 atom stereocenters. The molecule has 1 saturated heterocycles. The van der Waals surface area contributed by atoms with Crippen LogP contribution in [-0.2, 0) is 6.54 Å². The van der Waals surface area contributed by atoms with Crippen molar-refractivity contribution in [2.24, 2.45) is 0 Å². The Morgan fingerprint density at radius 1 is 1.17 bits per heavy atom. The van der Waals surface area contributed by atoms with E-state index in [0.29, 0.717) is 5.92 Å². The van der Waals surface area contributed by atoms with Crippen molar-refractivity contribution < 1.29 is 4.39 Å². The van der Waals surface area contributed by atoms with Crippen LogP contribution in [0.4, 0.5) is 15.8 Å². The van der Waals surface area contributed by atoms with E-state index in [2.05, 4.69) is 34.6 Å². The van der Waals surface area contributed by atoms with Crippen LogP contribution in [0.3, 0.4) is 0 Å². The molecule has 0 unspecified atom stereocenters. The molecule has 2 aromatic rings. The van der Waals surface area contributed by atoms with Crippen LogP contribution < -0.4 is 15.5 Å². The zero-order valence-corrected chi connectivity index (χ0v) is 14.1. The van der Waals surface area contributed by atoms with Crippen molar-refractivity contribution in [2.75, 3.05) is 30.0 Å². The molecule has 1 fully saturated rings. The number of halogens is 1. The molecular formula is C20H24FN3. The van der Waals surface area contributed by atoms with Crippen molar-refractivity contribution in [1.29, 1.82) is 0 Å². The van der Waals surface area contributed by atoms with Gasteiger partial charge < -0.3 is 15.5 Å². The number of nitrogens with zero attached hydrogens (tertiary/aromatic N) is 1. The van der Waals surface area contributed by atoms with E-state index in [1.807, 2.05) is 6.07 Å². The number of piperidine rings is 1. The second kappa shape index (κ2) is 6.44. The first-order chi connectivity index (χ1) is 11.7. The van der Waals surface area contributed by atoms with Crippen LogP contribution in [-0.4, -0.2) is 19.8 Å². The van der Waals surface area contributed by atoms with Crippen LogP contribution >= 0.6 is 0 Å². The molecule has 0 aliphatic carbocycles. The highest BCUT2D eigenvalue weighted by Gasteiger charge is 2.26. The van der Waals surface area contributed by atoms with Gasteiger partial charge in [0.15, 0.2) is 0 Å². The third-order valence-corrected chi connectivity index (χ3v) is 5.12. The van der Waals surface area contributed by atoms with Crippen LogP contribution in [0.25, 0.3) is 0 Å². The molecule has 0 radical (unpaired) electrons. The maximum Gasteiger partial charge on any atom is 0.123 e. The molecule has 4 heteroatoms. The van der Waals surface area contributed by atoms with Crippen LogP contribution in [0.1, 0.15) is 35.4 Å². The molecule has 3 nitrogen and oxygen atoms in total. The van der Waals surface area contributed by atoms with Crippen molar-refractivity contribution in [3.63, 3.8) is 0 Å². The van der Waals surface area contributed by atoms with Crippen LogP contribution in [0, 0.1) is 12.7 Å². The van der Waals surface area contributed by atoms with Gasteiger partial charge in [0.25, 0.3) is 0 Å². The highest BCUT2D eigenvalue weighted by Crippen LogP contribution is 2.42. The van der Waals surface area contributed by atoms with E-state index in [1.54, 1.807) is 12.1 Å². The van der Waals surface area contributed by atoms with E-state index in [4.69, 9.17) is 0 Å². The quantitative estimate of drug-likeness (QED) is 0.893. The Hall–Kier alpha value is -2.07. The summed E-state index contributed by atoms with van der Waals surface area (Å²) in [6, 6.07) is 11.5. The summed E-state index contributed by atoms with van der Waals surface area (Å²) in [6.45, 7) is 5.88. The predicted octanol–water partition coefficient (Wildman–Crippen LogP) is 3.99. The predicted molar refractivity (Wildman–Crippen MR) is 97.1 cm³/mol. The molecule has 2 aliphatic rings. The summed E-state index contributed by atoms with van der Waals surface area (Å²) < 4.78 is 13.5. The Balaban J connectivity index is 1.64. The molecular weight excluding hydrogens is 301 g/mol. The van der Waals surface area contributed by atoms with E-state index in [1.165, 1.54) is 41.4 Å². The van der Waals surface area contributed by atoms with Crippen LogP contribution in [0.15, 0.2) is 36.4 Å². The standard InChI is InChI=1S/C20H24FN3/c1-14-9-18(16-5-7-22-8-6-16)20-19(10-14)24(13-23-20)12-15-3-2-4-17(21)11-15/h2-4,9-11,16,22-23H,5-8,12-13H2,1H3. The lowest BCUT2D eigenvalue weighted by atomic mass is 9.87. The second-order valence-corrected chi connectivity index (χ2v) is 6.94. The lowest BCUT2D eigenvalue weighted by Gasteiger charge is -2.26. The van der Waals surface area contributed by atoms with Crippen molar-refractivity contribution >= 4 is 11.4 Å². The van der Waals surface area contributed by atoms with E-state index in [9.17, 15) is 4.39 Å². The normalized spacial score (nSPS) is 17.7. The molecule has 2 aromatic carbocycles. The van der Waals surface area contributed by atoms with E-state index >= 15 is 0 Å². The fraction of sp³-hybridized carbons (Fsp3) is 0.400. The van der Waals surface area contributed by atoms with Crippen molar-refractivity contribution in [2.45, 2.75) is 32.2 Å². The summed E-state index contributed by atoms with van der Waals surface area (Å²) in [5, 5.41) is 7.04. The first kappa shape index (κ1) is 15.5. The van der Waals surface area contributed by atoms with Gasteiger partial charge >= 0.3 is 0 Å². The molecule has 0 amide bonds. The van der Waals surface area contributed by atoms with Crippen molar-refractivity contribution in [1.82, 2.24) is 5.32 Å². The van der Waals surface area contributed by atoms with Gasteiger partial charge in [0.1, 0.15) is 5.82 Å². The molecule has 0 bridgehead atoms. The molecule has 2 heterocycles. The van der Waals surface area contributed by atoms with Gasteiger partial charge in [0.05, 0.1) is 18.0 Å². The topological polar surface area (TPSA) is 27.3 Å². The van der Waals surface area contributed by atoms with Gasteiger partial charge in [0.2, 0.25) is 0 Å². The Bertz CT molecular complexity index is 738. The molecule has 24 heavy (non-hydrogen) atoms. The smallest absolute Gasteiger partial charge is 0.123 e. The number of hydrogen-bond donors (Lipinski definition) is 2. The van der Waals surface area contributed by atoms with E-state index < -0.39 is 0 Å². The first-order valence-electron chi connectivity index (χ1n) is 8.79. The van der Waals surface area contributed by atoms with Crippen molar-refractivity contribution in [3.8, 4) is 0 Å². The Morgan fingerprint density at radius 2 is 2.00 bits per heavy atom. The van der Waals surface area contributed by atoms with Crippen molar-refractivity contribution in [3.05, 3.63) is 58.9 Å². The average Bonchev–Trinajstić information content (AvgIpc) is 2.98. The van der Waals surface area contributed by atoms with Gasteiger partial charge in [-0.15, -0.1) is 0 Å². The summed E-state index contributed by atoms with van der Waals surface area (Å²) >= 11 is 0. The van der Waals surface area contributed by atoms with Gasteiger partial charge in [-0.25, -0.2) is 4.39 Å². The first-order valence-corrected chi connectivity index (χ1v) is 8.79. The largest absolute Gasteiger partial charge is 0.366 e. The Kier molecular flexibility index (Phi) is 4.15. The third-order valence-electron chi connectivity index (χ3n) is 5.12. The minimum absolute atomic E-state index is 0.167. The molecule has 2 aliphatic heterocycles. The molecule has 4 rings (SSSR count). The monoisotopic (exact) mass is 325 g/mol. The van der Waals surface area contributed by atoms with Gasteiger partial charge in [-0.05, 0) is 73.7 Å². The fourth-order valence-corrected chi connectivity index (χ4v) is 3.95. The molecule has 2 N–H and O–H groups in total. The number of rotatable bonds is 3. The number of fused-ring (bicyclic) bond motifs is 1. The van der Waals surface area contributed by atoms with Crippen LogP contribution in [0.2, 0.25) is 0 Å². The zero-order valence-electron chi connectivity index (χ0n) is 14.1. The zero-order chi connectivity index (χ0) is 16.5. The summed E-state index contributed by atoms with van der Waals surface area (Å²) in [5.74, 6) is 0.459. The Morgan fingerprint density at radius 3 is 2.79 bits per heavy atom. The minimum atomic E-state index is -0.167. The maximum atomic E-state index is 13.5. The fourth-order valence-electron chi connectivity index (χ4n) is 3.95. The summed E-state index contributed by atoms with van der Waals surface area (Å²) in [5.41, 5.74) is 6.30. The molecule has 0 aromatic heterocycles. The lowest BCUT2D eigenvalue weighted by Crippen LogP contribution is -2.26.